The molecule has 2 nitrogen and oxygen atoms in total. The third-order valence-electron chi connectivity index (χ3n) is 1.97. The fourth-order valence-electron chi connectivity index (χ4n) is 1.29. The number of halogens is 3. The molecule has 0 atom stereocenters. The Bertz CT molecular complexity index is 443. The Hall–Kier alpha value is -0.700. The Morgan fingerprint density at radius 3 is 2.33 bits per heavy atom. The molecule has 0 unspecified atom stereocenters. The Morgan fingerprint density at radius 1 is 1.13 bits per heavy atom. The molecule has 2 aromatic rings. The van der Waals surface area contributed by atoms with Crippen LogP contribution in [0.2, 0.25) is 15.1 Å². The molecule has 78 valence electrons. The minimum Gasteiger partial charge on any atom is -0.333 e. The molecule has 0 fully saturated rings. The highest BCUT2D eigenvalue weighted by molar-refractivity contribution is 6.48. The van der Waals surface area contributed by atoms with Gasteiger partial charge in [0.15, 0.2) is 0 Å². The van der Waals surface area contributed by atoms with E-state index in [1.54, 1.807) is 24.7 Å². The molecule has 0 saturated heterocycles. The van der Waals surface area contributed by atoms with Crippen LogP contribution in [-0.2, 0) is 6.54 Å². The summed E-state index contributed by atoms with van der Waals surface area (Å²) < 4.78 is 1.93. The van der Waals surface area contributed by atoms with E-state index in [9.17, 15) is 0 Å². The molecule has 1 aromatic heterocycles. The van der Waals surface area contributed by atoms with Gasteiger partial charge in [-0.3, -0.25) is 0 Å². The second kappa shape index (κ2) is 4.44. The first-order valence-corrected chi connectivity index (χ1v) is 5.39. The largest absolute Gasteiger partial charge is 0.333 e. The van der Waals surface area contributed by atoms with E-state index in [0.29, 0.717) is 21.6 Å². The molecule has 0 saturated carbocycles. The molecule has 0 aliphatic rings. The quantitative estimate of drug-likeness (QED) is 0.750. The third-order valence-corrected chi connectivity index (χ3v) is 3.16. The molecule has 0 amide bonds. The van der Waals surface area contributed by atoms with E-state index < -0.39 is 0 Å². The van der Waals surface area contributed by atoms with Crippen molar-refractivity contribution in [3.8, 4) is 0 Å². The Kier molecular flexibility index (Phi) is 3.19. The third kappa shape index (κ3) is 2.46. The fraction of sp³-hybridized carbons (Fsp3) is 0.100. The normalized spacial score (nSPS) is 10.6. The van der Waals surface area contributed by atoms with Gasteiger partial charge in [-0.15, -0.1) is 0 Å². The predicted molar refractivity (Wildman–Crippen MR) is 62.8 cm³/mol. The van der Waals surface area contributed by atoms with Gasteiger partial charge in [-0.2, -0.15) is 0 Å². The molecule has 5 heteroatoms. The van der Waals surface area contributed by atoms with Gasteiger partial charge in [0.25, 0.3) is 0 Å². The van der Waals surface area contributed by atoms with Gasteiger partial charge in [0, 0.05) is 18.9 Å². The molecular formula is C10H7Cl3N2. The second-order valence-electron chi connectivity index (χ2n) is 3.11. The summed E-state index contributed by atoms with van der Waals surface area (Å²) in [6.07, 6.45) is 5.33. The topological polar surface area (TPSA) is 17.8 Å². The van der Waals surface area contributed by atoms with Gasteiger partial charge in [-0.1, -0.05) is 34.8 Å². The van der Waals surface area contributed by atoms with Gasteiger partial charge in [-0.05, 0) is 17.7 Å². The Morgan fingerprint density at radius 2 is 1.80 bits per heavy atom. The van der Waals surface area contributed by atoms with Crippen molar-refractivity contribution in [1.29, 1.82) is 0 Å². The molecule has 2 rings (SSSR count). The molecule has 15 heavy (non-hydrogen) atoms. The van der Waals surface area contributed by atoms with Gasteiger partial charge < -0.3 is 4.57 Å². The zero-order valence-electron chi connectivity index (χ0n) is 7.62. The molecule has 1 aromatic carbocycles. The van der Waals surface area contributed by atoms with Crippen LogP contribution >= 0.6 is 34.8 Å². The highest BCUT2D eigenvalue weighted by atomic mass is 35.5. The smallest absolute Gasteiger partial charge is 0.0949 e. The summed E-state index contributed by atoms with van der Waals surface area (Å²) in [6.45, 7) is 0.677. The average Bonchev–Trinajstić information content (AvgIpc) is 2.66. The summed E-state index contributed by atoms with van der Waals surface area (Å²) in [5.74, 6) is 0. The lowest BCUT2D eigenvalue weighted by atomic mass is 10.2. The van der Waals surface area contributed by atoms with Gasteiger partial charge in [-0.25, -0.2) is 4.98 Å². The van der Waals surface area contributed by atoms with Gasteiger partial charge in [0.1, 0.15) is 0 Å². The van der Waals surface area contributed by atoms with Crippen molar-refractivity contribution >= 4 is 34.8 Å². The van der Waals surface area contributed by atoms with Crippen LogP contribution in [-0.4, -0.2) is 9.55 Å². The lowest BCUT2D eigenvalue weighted by Crippen LogP contribution is -1.96. The summed E-state index contributed by atoms with van der Waals surface area (Å²) in [4.78, 5) is 3.95. The Balaban J connectivity index is 2.30. The summed E-state index contributed by atoms with van der Waals surface area (Å²) in [5, 5.41) is 1.34. The Labute approximate surface area is 102 Å². The lowest BCUT2D eigenvalue weighted by molar-refractivity contribution is 0.797. The maximum absolute atomic E-state index is 5.92. The van der Waals surface area contributed by atoms with E-state index >= 15 is 0 Å². The molecule has 0 bridgehead atoms. The second-order valence-corrected chi connectivity index (χ2v) is 4.30. The van der Waals surface area contributed by atoms with E-state index in [4.69, 9.17) is 34.8 Å². The zero-order valence-corrected chi connectivity index (χ0v) is 9.89. The highest BCUT2D eigenvalue weighted by Gasteiger charge is 2.05. The first-order valence-electron chi connectivity index (χ1n) is 4.26. The van der Waals surface area contributed by atoms with E-state index in [1.807, 2.05) is 10.8 Å². The van der Waals surface area contributed by atoms with Gasteiger partial charge in [0.05, 0.1) is 21.4 Å². The van der Waals surface area contributed by atoms with Crippen LogP contribution in [0.3, 0.4) is 0 Å². The number of hydrogen-bond acceptors (Lipinski definition) is 1. The van der Waals surface area contributed by atoms with E-state index in [-0.39, 0.29) is 0 Å². The highest BCUT2D eigenvalue weighted by Crippen LogP contribution is 2.31. The maximum atomic E-state index is 5.92. The monoisotopic (exact) mass is 260 g/mol. The molecule has 0 spiro atoms. The van der Waals surface area contributed by atoms with Crippen molar-refractivity contribution in [3.05, 3.63) is 51.5 Å². The molecule has 0 radical (unpaired) electrons. The van der Waals surface area contributed by atoms with Crippen LogP contribution in [0.15, 0.2) is 30.9 Å². The SMILES string of the molecule is Clc1cc(Cn2ccnc2)cc(Cl)c1Cl. The number of hydrogen-bond donors (Lipinski definition) is 0. The molecular weight excluding hydrogens is 254 g/mol. The molecule has 0 aliphatic carbocycles. The van der Waals surface area contributed by atoms with Crippen molar-refractivity contribution in [2.24, 2.45) is 0 Å². The predicted octanol–water partition coefficient (Wildman–Crippen LogP) is 3.89. The number of nitrogens with zero attached hydrogens (tertiary/aromatic N) is 2. The molecule has 0 N–H and O–H groups in total. The van der Waals surface area contributed by atoms with Crippen molar-refractivity contribution < 1.29 is 0 Å². The van der Waals surface area contributed by atoms with Crippen LogP contribution in [0.1, 0.15) is 5.56 Å². The fourth-order valence-corrected chi connectivity index (χ4v) is 1.93. The van der Waals surface area contributed by atoms with Crippen molar-refractivity contribution in [1.82, 2.24) is 9.55 Å². The van der Waals surface area contributed by atoms with E-state index in [1.165, 1.54) is 0 Å². The van der Waals surface area contributed by atoms with Crippen molar-refractivity contribution in [2.45, 2.75) is 6.54 Å². The summed E-state index contributed by atoms with van der Waals surface area (Å²) in [7, 11) is 0. The average molecular weight is 262 g/mol. The first-order chi connectivity index (χ1) is 7.16. The van der Waals surface area contributed by atoms with Crippen LogP contribution in [0, 0.1) is 0 Å². The van der Waals surface area contributed by atoms with Gasteiger partial charge in [0.2, 0.25) is 0 Å². The molecule has 0 aliphatic heterocycles. The lowest BCUT2D eigenvalue weighted by Gasteiger charge is -2.05. The zero-order chi connectivity index (χ0) is 10.8. The van der Waals surface area contributed by atoms with Gasteiger partial charge >= 0.3 is 0 Å². The van der Waals surface area contributed by atoms with E-state index in [0.717, 1.165) is 5.56 Å². The van der Waals surface area contributed by atoms with Crippen LogP contribution in [0.25, 0.3) is 0 Å². The summed E-state index contributed by atoms with van der Waals surface area (Å²) in [5.41, 5.74) is 0.993. The standard InChI is InChI=1S/C10H7Cl3N2/c11-8-3-7(4-9(12)10(8)13)5-15-2-1-14-6-15/h1-4,6H,5H2. The van der Waals surface area contributed by atoms with Crippen molar-refractivity contribution in [2.75, 3.05) is 0 Å². The number of imidazole rings is 1. The molecule has 1 heterocycles. The number of aromatic nitrogens is 2. The van der Waals surface area contributed by atoms with Crippen LogP contribution < -0.4 is 0 Å². The van der Waals surface area contributed by atoms with Crippen molar-refractivity contribution in [3.63, 3.8) is 0 Å². The summed E-state index contributed by atoms with van der Waals surface area (Å²) >= 11 is 17.7. The van der Waals surface area contributed by atoms with E-state index in [2.05, 4.69) is 4.98 Å². The first kappa shape index (κ1) is 10.8. The maximum Gasteiger partial charge on any atom is 0.0949 e. The number of benzene rings is 1. The summed E-state index contributed by atoms with van der Waals surface area (Å²) in [6, 6.07) is 3.60. The minimum absolute atomic E-state index is 0.396. The minimum atomic E-state index is 0.396. The van der Waals surface area contributed by atoms with Crippen LogP contribution in [0.5, 0.6) is 0 Å². The number of rotatable bonds is 2. The van der Waals surface area contributed by atoms with Crippen LogP contribution in [0.4, 0.5) is 0 Å².